The van der Waals surface area contributed by atoms with Crippen LogP contribution in [0.4, 0.5) is 0 Å². The van der Waals surface area contributed by atoms with Crippen molar-refractivity contribution >= 4 is 5.91 Å². The van der Waals surface area contributed by atoms with E-state index in [1.54, 1.807) is 12.3 Å². The van der Waals surface area contributed by atoms with Gasteiger partial charge in [-0.1, -0.05) is 13.8 Å². The van der Waals surface area contributed by atoms with E-state index in [1.807, 2.05) is 13.8 Å². The van der Waals surface area contributed by atoms with Gasteiger partial charge in [-0.25, -0.2) is 0 Å². The van der Waals surface area contributed by atoms with Crippen LogP contribution in [-0.2, 0) is 0 Å². The summed E-state index contributed by atoms with van der Waals surface area (Å²) in [6.45, 7) is 4.09. The number of hydrogen-bond donors (Lipinski definition) is 1. The molecule has 0 bridgehead atoms. The average molecular weight is 164 g/mol. The maximum absolute atomic E-state index is 10.8. The van der Waals surface area contributed by atoms with Crippen LogP contribution in [0.1, 0.15) is 35.7 Å². The Morgan fingerprint density at radius 1 is 1.50 bits per heavy atom. The summed E-state index contributed by atoms with van der Waals surface area (Å²) < 4.78 is 0. The molecule has 0 aliphatic carbocycles. The van der Waals surface area contributed by atoms with E-state index in [4.69, 9.17) is 5.73 Å². The quantitative estimate of drug-likeness (QED) is 0.716. The van der Waals surface area contributed by atoms with Gasteiger partial charge in [-0.3, -0.25) is 9.78 Å². The van der Waals surface area contributed by atoms with Crippen molar-refractivity contribution in [3.63, 3.8) is 0 Å². The second kappa shape index (κ2) is 3.34. The van der Waals surface area contributed by atoms with Crippen molar-refractivity contribution < 1.29 is 4.79 Å². The van der Waals surface area contributed by atoms with Crippen LogP contribution in [0, 0.1) is 0 Å². The highest BCUT2D eigenvalue weighted by atomic mass is 16.1. The van der Waals surface area contributed by atoms with Crippen molar-refractivity contribution in [1.82, 2.24) is 4.98 Å². The summed E-state index contributed by atoms with van der Waals surface area (Å²) in [4.78, 5) is 14.7. The van der Waals surface area contributed by atoms with Crippen LogP contribution in [0.3, 0.4) is 0 Å². The van der Waals surface area contributed by atoms with E-state index in [-0.39, 0.29) is 0 Å². The van der Waals surface area contributed by atoms with Crippen molar-refractivity contribution in [1.29, 1.82) is 0 Å². The summed E-state index contributed by atoms with van der Waals surface area (Å²) in [6.07, 6.45) is 3.23. The lowest BCUT2D eigenvalue weighted by Gasteiger charge is -2.04. The van der Waals surface area contributed by atoms with Crippen LogP contribution >= 0.6 is 0 Å². The fraction of sp³-hybridized carbons (Fsp3) is 0.333. The number of hydrogen-bond acceptors (Lipinski definition) is 2. The molecule has 3 nitrogen and oxygen atoms in total. The molecule has 0 radical (unpaired) electrons. The normalized spacial score (nSPS) is 10.2. The predicted octanol–water partition coefficient (Wildman–Crippen LogP) is 1.30. The van der Waals surface area contributed by atoms with Crippen molar-refractivity contribution in [3.05, 3.63) is 29.6 Å². The monoisotopic (exact) mass is 164 g/mol. The maximum Gasteiger partial charge on any atom is 0.250 e. The van der Waals surface area contributed by atoms with E-state index in [0.29, 0.717) is 11.5 Å². The summed E-state index contributed by atoms with van der Waals surface area (Å²) >= 11 is 0. The van der Waals surface area contributed by atoms with Gasteiger partial charge in [-0.15, -0.1) is 0 Å². The van der Waals surface area contributed by atoms with Crippen molar-refractivity contribution in [2.45, 2.75) is 19.8 Å². The number of carbonyl (C=O) groups excluding carboxylic acids is 1. The minimum atomic E-state index is -0.426. The number of nitrogens with two attached hydrogens (primary N) is 1. The fourth-order valence-corrected chi connectivity index (χ4v) is 0.908. The molecule has 1 heterocycles. The molecule has 1 aromatic rings. The summed E-state index contributed by atoms with van der Waals surface area (Å²) in [5.41, 5.74) is 6.61. The summed E-state index contributed by atoms with van der Waals surface area (Å²) in [6, 6.07) is 1.78. The Balaban J connectivity index is 3.04. The average Bonchev–Trinajstić information content (AvgIpc) is 2.04. The summed E-state index contributed by atoms with van der Waals surface area (Å²) in [7, 11) is 0. The lowest BCUT2D eigenvalue weighted by Crippen LogP contribution is -2.11. The standard InChI is InChI=1S/C9H12N2O/c1-6(2)7-3-8(9(10)12)5-11-4-7/h3-6H,1-2H3,(H2,10,12). The number of pyridine rings is 1. The van der Waals surface area contributed by atoms with Crippen LogP contribution in [0.2, 0.25) is 0 Å². The highest BCUT2D eigenvalue weighted by molar-refractivity contribution is 5.92. The molecule has 1 aromatic heterocycles. The number of primary amides is 1. The number of carbonyl (C=O) groups is 1. The highest BCUT2D eigenvalue weighted by Gasteiger charge is 2.04. The molecule has 64 valence electrons. The third-order valence-corrected chi connectivity index (χ3v) is 1.71. The van der Waals surface area contributed by atoms with Gasteiger partial charge in [0.1, 0.15) is 0 Å². The molecule has 2 N–H and O–H groups in total. The van der Waals surface area contributed by atoms with Gasteiger partial charge in [0, 0.05) is 12.4 Å². The Morgan fingerprint density at radius 3 is 2.67 bits per heavy atom. The molecule has 0 aliphatic heterocycles. The lowest BCUT2D eigenvalue weighted by atomic mass is 10.0. The Labute approximate surface area is 71.6 Å². The van der Waals surface area contributed by atoms with Crippen LogP contribution in [-0.4, -0.2) is 10.9 Å². The highest BCUT2D eigenvalue weighted by Crippen LogP contribution is 2.13. The molecule has 12 heavy (non-hydrogen) atoms. The second-order valence-corrected chi connectivity index (χ2v) is 3.03. The second-order valence-electron chi connectivity index (χ2n) is 3.03. The number of aromatic nitrogens is 1. The van der Waals surface area contributed by atoms with Gasteiger partial charge in [0.25, 0.3) is 0 Å². The van der Waals surface area contributed by atoms with Gasteiger partial charge < -0.3 is 5.73 Å². The largest absolute Gasteiger partial charge is 0.366 e. The topological polar surface area (TPSA) is 56.0 Å². The molecule has 3 heteroatoms. The van der Waals surface area contributed by atoms with Crippen molar-refractivity contribution in [2.75, 3.05) is 0 Å². The molecule has 0 unspecified atom stereocenters. The van der Waals surface area contributed by atoms with Crippen LogP contribution in [0.15, 0.2) is 18.5 Å². The third-order valence-electron chi connectivity index (χ3n) is 1.71. The van der Waals surface area contributed by atoms with Crippen LogP contribution in [0.25, 0.3) is 0 Å². The van der Waals surface area contributed by atoms with E-state index in [2.05, 4.69) is 4.98 Å². The molecule has 1 rings (SSSR count). The predicted molar refractivity (Wildman–Crippen MR) is 46.8 cm³/mol. The molecular weight excluding hydrogens is 152 g/mol. The zero-order chi connectivity index (χ0) is 9.14. The molecule has 0 spiro atoms. The Morgan fingerprint density at radius 2 is 2.17 bits per heavy atom. The summed E-state index contributed by atoms with van der Waals surface area (Å²) in [5.74, 6) is -0.0539. The Bertz CT molecular complexity index is 294. The zero-order valence-corrected chi connectivity index (χ0v) is 7.24. The first-order chi connectivity index (χ1) is 5.61. The third kappa shape index (κ3) is 1.81. The van der Waals surface area contributed by atoms with E-state index in [1.165, 1.54) is 6.20 Å². The molecular formula is C9H12N2O. The van der Waals surface area contributed by atoms with Gasteiger partial charge in [-0.05, 0) is 17.5 Å². The Kier molecular flexibility index (Phi) is 2.43. The molecule has 0 aliphatic rings. The molecule has 0 fully saturated rings. The molecule has 0 saturated carbocycles. The van der Waals surface area contributed by atoms with Crippen LogP contribution < -0.4 is 5.73 Å². The van der Waals surface area contributed by atoms with Crippen molar-refractivity contribution in [2.24, 2.45) is 5.73 Å². The molecule has 0 atom stereocenters. The summed E-state index contributed by atoms with van der Waals surface area (Å²) in [5, 5.41) is 0. The van der Waals surface area contributed by atoms with Crippen molar-refractivity contribution in [3.8, 4) is 0 Å². The molecule has 1 amide bonds. The number of rotatable bonds is 2. The molecule has 0 saturated heterocycles. The zero-order valence-electron chi connectivity index (χ0n) is 7.24. The van der Waals surface area contributed by atoms with Gasteiger partial charge in [-0.2, -0.15) is 0 Å². The lowest BCUT2D eigenvalue weighted by molar-refractivity contribution is 0.1000. The van der Waals surface area contributed by atoms with E-state index in [9.17, 15) is 4.79 Å². The minimum absolute atomic E-state index is 0.372. The first-order valence-corrected chi connectivity index (χ1v) is 3.86. The van der Waals surface area contributed by atoms with Gasteiger partial charge in [0.2, 0.25) is 5.91 Å². The van der Waals surface area contributed by atoms with E-state index >= 15 is 0 Å². The SMILES string of the molecule is CC(C)c1cncc(C(N)=O)c1. The number of nitrogens with zero attached hydrogens (tertiary/aromatic N) is 1. The van der Waals surface area contributed by atoms with Gasteiger partial charge in [0.15, 0.2) is 0 Å². The van der Waals surface area contributed by atoms with Gasteiger partial charge in [0.05, 0.1) is 5.56 Å². The van der Waals surface area contributed by atoms with E-state index < -0.39 is 5.91 Å². The first-order valence-electron chi connectivity index (χ1n) is 3.86. The first kappa shape index (κ1) is 8.71. The van der Waals surface area contributed by atoms with E-state index in [0.717, 1.165) is 5.56 Å². The smallest absolute Gasteiger partial charge is 0.250 e. The fourth-order valence-electron chi connectivity index (χ4n) is 0.908. The van der Waals surface area contributed by atoms with Crippen LogP contribution in [0.5, 0.6) is 0 Å². The Hall–Kier alpha value is -1.38. The van der Waals surface area contributed by atoms with Gasteiger partial charge >= 0.3 is 0 Å². The minimum Gasteiger partial charge on any atom is -0.366 e. The maximum atomic E-state index is 10.8. The molecule has 0 aromatic carbocycles. The number of amides is 1.